The first-order valence-electron chi connectivity index (χ1n) is 6.74. The molecule has 2 N–H and O–H groups in total. The third-order valence-corrected chi connectivity index (χ3v) is 4.77. The smallest absolute Gasteiger partial charge is 0.270 e. The number of rotatable bonds is 9. The average Bonchev–Trinajstić information content (AvgIpc) is 2.41. The van der Waals surface area contributed by atoms with E-state index in [0.29, 0.717) is 30.8 Å². The van der Waals surface area contributed by atoms with Crippen molar-refractivity contribution in [1.29, 1.82) is 0 Å². The fourth-order valence-corrected chi connectivity index (χ4v) is 3.58. The average molecular weight is 331 g/mol. The van der Waals surface area contributed by atoms with Gasteiger partial charge in [-0.05, 0) is 25.0 Å². The van der Waals surface area contributed by atoms with Gasteiger partial charge in [-0.3, -0.25) is 10.1 Å². The van der Waals surface area contributed by atoms with Crippen LogP contribution in [0, 0.1) is 24.0 Å². The predicted octanol–water partition coefficient (Wildman–Crippen LogP) is 0.726. The van der Waals surface area contributed by atoms with Crippen molar-refractivity contribution in [2.45, 2.75) is 18.7 Å². The highest BCUT2D eigenvalue weighted by atomic mass is 32.2. The van der Waals surface area contributed by atoms with Gasteiger partial charge in [0.1, 0.15) is 0 Å². The fraction of sp³-hybridized carbons (Fsp3) is 0.538. The van der Waals surface area contributed by atoms with E-state index in [1.165, 1.54) is 12.1 Å². The molecule has 1 rings (SSSR count). The Balaban J connectivity index is 2.79. The number of benzene rings is 1. The lowest BCUT2D eigenvalue weighted by Gasteiger charge is -2.12. The molecule has 1 aromatic carbocycles. The van der Waals surface area contributed by atoms with Crippen LogP contribution in [0.2, 0.25) is 0 Å². The Hall–Kier alpha value is -1.55. The van der Waals surface area contributed by atoms with Crippen molar-refractivity contribution in [3.8, 4) is 0 Å². The molecule has 0 aliphatic rings. The number of ether oxygens (including phenoxy) is 1. The maximum atomic E-state index is 12.3. The van der Waals surface area contributed by atoms with Gasteiger partial charge >= 0.3 is 0 Å². The molecule has 8 nitrogen and oxygen atoms in total. The van der Waals surface area contributed by atoms with E-state index in [9.17, 15) is 18.5 Å². The van der Waals surface area contributed by atoms with Crippen molar-refractivity contribution < 1.29 is 18.1 Å². The van der Waals surface area contributed by atoms with E-state index in [1.54, 1.807) is 21.0 Å². The van der Waals surface area contributed by atoms with Crippen molar-refractivity contribution in [3.63, 3.8) is 0 Å². The molecular weight excluding hydrogens is 310 g/mol. The van der Waals surface area contributed by atoms with Gasteiger partial charge in [0.15, 0.2) is 0 Å². The molecule has 0 radical (unpaired) electrons. The molecule has 0 atom stereocenters. The summed E-state index contributed by atoms with van der Waals surface area (Å²) >= 11 is 0. The summed E-state index contributed by atoms with van der Waals surface area (Å²) in [5, 5.41) is 13.8. The van der Waals surface area contributed by atoms with Gasteiger partial charge in [-0.25, -0.2) is 13.1 Å². The number of non-ortho nitro benzene ring substituents is 1. The highest BCUT2D eigenvalue weighted by Crippen LogP contribution is 2.25. The van der Waals surface area contributed by atoms with Crippen LogP contribution in [-0.4, -0.2) is 46.7 Å². The highest BCUT2D eigenvalue weighted by molar-refractivity contribution is 7.89. The van der Waals surface area contributed by atoms with Crippen molar-refractivity contribution in [3.05, 3.63) is 33.4 Å². The van der Waals surface area contributed by atoms with Gasteiger partial charge in [-0.1, -0.05) is 0 Å². The summed E-state index contributed by atoms with van der Waals surface area (Å²) in [4.78, 5) is 10.3. The number of aryl methyl sites for hydroxylation is 2. The van der Waals surface area contributed by atoms with E-state index < -0.39 is 14.9 Å². The van der Waals surface area contributed by atoms with E-state index in [1.807, 2.05) is 0 Å². The molecule has 0 aromatic heterocycles. The van der Waals surface area contributed by atoms with Gasteiger partial charge in [0.2, 0.25) is 10.0 Å². The van der Waals surface area contributed by atoms with Crippen LogP contribution in [0.25, 0.3) is 0 Å². The summed E-state index contributed by atoms with van der Waals surface area (Å²) in [7, 11) is -2.11. The number of nitro benzene ring substituents is 1. The summed E-state index contributed by atoms with van der Waals surface area (Å²) < 4.78 is 32.0. The molecule has 9 heteroatoms. The van der Waals surface area contributed by atoms with Crippen molar-refractivity contribution in [1.82, 2.24) is 10.0 Å². The van der Waals surface area contributed by atoms with Crippen LogP contribution in [0.3, 0.4) is 0 Å². The SMILES string of the molecule is COCCNCCNS(=O)(=O)c1c(C)cc([N+](=O)[O-])cc1C. The Morgan fingerprint density at radius 3 is 2.27 bits per heavy atom. The van der Waals surface area contributed by atoms with Gasteiger partial charge in [-0.15, -0.1) is 0 Å². The molecule has 0 saturated carbocycles. The maximum absolute atomic E-state index is 12.3. The first kappa shape index (κ1) is 18.5. The zero-order valence-electron chi connectivity index (χ0n) is 12.9. The van der Waals surface area contributed by atoms with Crippen LogP contribution in [0.5, 0.6) is 0 Å². The quantitative estimate of drug-likeness (QED) is 0.392. The molecule has 0 bridgehead atoms. The van der Waals surface area contributed by atoms with Crippen molar-refractivity contribution >= 4 is 15.7 Å². The van der Waals surface area contributed by atoms with Crippen LogP contribution < -0.4 is 10.0 Å². The number of hydrogen-bond acceptors (Lipinski definition) is 6. The summed E-state index contributed by atoms with van der Waals surface area (Å²) in [6.45, 7) is 4.97. The molecule has 0 spiro atoms. The molecule has 0 amide bonds. The van der Waals surface area contributed by atoms with Gasteiger partial charge in [0.05, 0.1) is 16.4 Å². The minimum absolute atomic E-state index is 0.0926. The second kappa shape index (κ2) is 8.18. The van der Waals surface area contributed by atoms with E-state index >= 15 is 0 Å². The zero-order valence-corrected chi connectivity index (χ0v) is 13.7. The largest absolute Gasteiger partial charge is 0.383 e. The topological polar surface area (TPSA) is 111 Å². The lowest BCUT2D eigenvalue weighted by Crippen LogP contribution is -2.33. The van der Waals surface area contributed by atoms with Crippen molar-refractivity contribution in [2.75, 3.05) is 33.4 Å². The minimum Gasteiger partial charge on any atom is -0.383 e. The predicted molar refractivity (Wildman–Crippen MR) is 82.5 cm³/mol. The van der Waals surface area contributed by atoms with Gasteiger partial charge in [0.25, 0.3) is 5.69 Å². The Morgan fingerprint density at radius 1 is 1.18 bits per heavy atom. The fourth-order valence-electron chi connectivity index (χ4n) is 2.10. The van der Waals surface area contributed by atoms with E-state index in [2.05, 4.69) is 10.0 Å². The number of sulfonamides is 1. The van der Waals surface area contributed by atoms with Gasteiger partial charge in [0, 0.05) is 38.9 Å². The first-order valence-corrected chi connectivity index (χ1v) is 8.23. The standard InChI is InChI=1S/C13H21N3O5S/c1-10-8-12(16(17)18)9-11(2)13(10)22(19,20)15-5-4-14-6-7-21-3/h8-9,14-15H,4-7H2,1-3H3. The molecule has 124 valence electrons. The monoisotopic (exact) mass is 331 g/mol. The zero-order chi connectivity index (χ0) is 16.8. The lowest BCUT2D eigenvalue weighted by atomic mass is 10.1. The first-order chi connectivity index (χ1) is 10.3. The maximum Gasteiger partial charge on any atom is 0.270 e. The number of nitrogens with zero attached hydrogens (tertiary/aromatic N) is 1. The van der Waals surface area contributed by atoms with Crippen LogP contribution in [-0.2, 0) is 14.8 Å². The van der Waals surface area contributed by atoms with Gasteiger partial charge in [-0.2, -0.15) is 0 Å². The normalized spacial score (nSPS) is 11.6. The Labute approximate surface area is 130 Å². The lowest BCUT2D eigenvalue weighted by molar-refractivity contribution is -0.385. The molecule has 0 saturated heterocycles. The van der Waals surface area contributed by atoms with E-state index in [0.717, 1.165) is 0 Å². The summed E-state index contributed by atoms with van der Waals surface area (Å²) in [6.07, 6.45) is 0. The molecular formula is C13H21N3O5S. The Morgan fingerprint density at radius 2 is 1.77 bits per heavy atom. The molecule has 0 fully saturated rings. The van der Waals surface area contributed by atoms with Crippen LogP contribution in [0.1, 0.15) is 11.1 Å². The van der Waals surface area contributed by atoms with E-state index in [-0.39, 0.29) is 17.1 Å². The Kier molecular flexibility index (Phi) is 6.88. The molecule has 0 aliphatic carbocycles. The summed E-state index contributed by atoms with van der Waals surface area (Å²) in [5.74, 6) is 0. The molecule has 0 unspecified atom stereocenters. The Bertz CT molecular complexity index is 608. The summed E-state index contributed by atoms with van der Waals surface area (Å²) in [5.41, 5.74) is 0.591. The second-order valence-electron chi connectivity index (χ2n) is 4.81. The second-order valence-corrected chi connectivity index (χ2v) is 6.51. The highest BCUT2D eigenvalue weighted by Gasteiger charge is 2.22. The van der Waals surface area contributed by atoms with Gasteiger partial charge < -0.3 is 10.1 Å². The molecule has 0 heterocycles. The van der Waals surface area contributed by atoms with Crippen LogP contribution in [0.4, 0.5) is 5.69 Å². The number of nitro groups is 1. The third-order valence-electron chi connectivity index (χ3n) is 3.00. The number of methoxy groups -OCH3 is 1. The van der Waals surface area contributed by atoms with Crippen LogP contribution >= 0.6 is 0 Å². The number of hydrogen-bond donors (Lipinski definition) is 2. The van der Waals surface area contributed by atoms with Crippen molar-refractivity contribution in [2.24, 2.45) is 0 Å². The molecule has 0 aliphatic heterocycles. The van der Waals surface area contributed by atoms with Crippen LogP contribution in [0.15, 0.2) is 17.0 Å². The number of nitrogens with one attached hydrogen (secondary N) is 2. The molecule has 22 heavy (non-hydrogen) atoms. The minimum atomic E-state index is -3.70. The third kappa shape index (κ3) is 5.02. The van der Waals surface area contributed by atoms with E-state index in [4.69, 9.17) is 4.74 Å². The summed E-state index contributed by atoms with van der Waals surface area (Å²) in [6, 6.07) is 2.52. The molecule has 1 aromatic rings.